The van der Waals surface area contributed by atoms with Gasteiger partial charge in [-0.3, -0.25) is 4.79 Å². The lowest BCUT2D eigenvalue weighted by molar-refractivity contribution is 0.102. The lowest BCUT2D eigenvalue weighted by atomic mass is 10.1. The van der Waals surface area contributed by atoms with E-state index in [9.17, 15) is 9.18 Å². The first kappa shape index (κ1) is 14.9. The molecule has 0 bridgehead atoms. The van der Waals surface area contributed by atoms with Crippen molar-refractivity contribution in [1.29, 1.82) is 0 Å². The summed E-state index contributed by atoms with van der Waals surface area (Å²) < 4.78 is 13.1. The molecule has 21 heavy (non-hydrogen) atoms. The zero-order chi connectivity index (χ0) is 15.4. The zero-order valence-corrected chi connectivity index (χ0v) is 11.9. The molecule has 0 aliphatic rings. The van der Waals surface area contributed by atoms with Crippen molar-refractivity contribution in [2.75, 3.05) is 10.7 Å². The van der Waals surface area contributed by atoms with Gasteiger partial charge in [-0.05, 0) is 36.2 Å². The Kier molecular flexibility index (Phi) is 4.49. The second kappa shape index (κ2) is 6.32. The number of pyridine rings is 1. The van der Waals surface area contributed by atoms with Crippen LogP contribution in [0.25, 0.3) is 0 Å². The van der Waals surface area contributed by atoms with Gasteiger partial charge in [0.1, 0.15) is 11.6 Å². The molecule has 1 aromatic carbocycles. The molecule has 0 fully saturated rings. The van der Waals surface area contributed by atoms with Crippen LogP contribution in [0, 0.1) is 5.82 Å². The van der Waals surface area contributed by atoms with Gasteiger partial charge < -0.3 is 10.7 Å². The number of nitrogens with zero attached hydrogens (tertiary/aromatic N) is 1. The fourth-order valence-corrected chi connectivity index (χ4v) is 1.82. The second-order valence-corrected chi connectivity index (χ2v) is 4.93. The van der Waals surface area contributed by atoms with Gasteiger partial charge in [0, 0.05) is 16.9 Å². The Morgan fingerprint density at radius 2 is 2.05 bits per heavy atom. The first-order chi connectivity index (χ1) is 9.99. The van der Waals surface area contributed by atoms with Crippen LogP contribution in [-0.4, -0.2) is 10.9 Å². The van der Waals surface area contributed by atoms with Gasteiger partial charge in [0.15, 0.2) is 0 Å². The van der Waals surface area contributed by atoms with Crippen LogP contribution in [0.4, 0.5) is 15.9 Å². The van der Waals surface area contributed by atoms with Crippen molar-refractivity contribution in [3.63, 3.8) is 0 Å². The highest BCUT2D eigenvalue weighted by Gasteiger charge is 2.12. The minimum atomic E-state index is -0.408. The highest BCUT2D eigenvalue weighted by Crippen LogP contribution is 2.18. The third-order valence-corrected chi connectivity index (χ3v) is 2.93. The van der Waals surface area contributed by atoms with E-state index in [1.807, 2.05) is 13.8 Å². The molecular formula is C15H17FN4O. The molecule has 0 aliphatic heterocycles. The third kappa shape index (κ3) is 3.76. The third-order valence-electron chi connectivity index (χ3n) is 2.93. The minimum Gasteiger partial charge on any atom is -0.322 e. The topological polar surface area (TPSA) is 80.0 Å². The number of halogens is 1. The molecule has 110 valence electrons. The lowest BCUT2D eigenvalue weighted by Gasteiger charge is -2.11. The zero-order valence-electron chi connectivity index (χ0n) is 11.9. The fraction of sp³-hybridized carbons (Fsp3) is 0.200. The summed E-state index contributed by atoms with van der Waals surface area (Å²) >= 11 is 0. The van der Waals surface area contributed by atoms with Gasteiger partial charge >= 0.3 is 0 Å². The van der Waals surface area contributed by atoms with E-state index >= 15 is 0 Å². The van der Waals surface area contributed by atoms with E-state index in [0.29, 0.717) is 17.1 Å². The number of hydrogen-bond donors (Lipinski definition) is 3. The highest BCUT2D eigenvalue weighted by molar-refractivity contribution is 6.04. The van der Waals surface area contributed by atoms with Gasteiger partial charge in [-0.1, -0.05) is 19.9 Å². The first-order valence-corrected chi connectivity index (χ1v) is 6.55. The number of aromatic nitrogens is 1. The summed E-state index contributed by atoms with van der Waals surface area (Å²) in [4.78, 5) is 16.5. The number of hydrogen-bond acceptors (Lipinski definition) is 4. The molecular weight excluding hydrogens is 271 g/mol. The number of carbonyl (C=O) groups excluding carboxylic acids is 1. The van der Waals surface area contributed by atoms with Gasteiger partial charge in [0.05, 0.1) is 0 Å². The quantitative estimate of drug-likeness (QED) is 0.597. The maximum absolute atomic E-state index is 13.1. The standard InChI is InChI=1S/C15H17FN4O/c1-9(2)13-6-10(7-14(19-13)20-17)15(21)18-12-5-3-4-11(16)8-12/h3-9H,17H2,1-2H3,(H,18,21)(H,19,20). The van der Waals surface area contributed by atoms with Crippen molar-refractivity contribution in [3.05, 3.63) is 53.5 Å². The normalized spacial score (nSPS) is 10.5. The van der Waals surface area contributed by atoms with E-state index in [1.165, 1.54) is 18.2 Å². The number of nitrogens with one attached hydrogen (secondary N) is 2. The van der Waals surface area contributed by atoms with Gasteiger partial charge in [0.2, 0.25) is 0 Å². The van der Waals surface area contributed by atoms with Crippen molar-refractivity contribution < 1.29 is 9.18 Å². The molecule has 0 saturated heterocycles. The Hall–Kier alpha value is -2.47. The number of hydrazine groups is 1. The number of nitrogens with two attached hydrogens (primary N) is 1. The van der Waals surface area contributed by atoms with Crippen molar-refractivity contribution >= 4 is 17.4 Å². The van der Waals surface area contributed by atoms with Crippen LogP contribution in [0.15, 0.2) is 36.4 Å². The van der Waals surface area contributed by atoms with Crippen LogP contribution < -0.4 is 16.6 Å². The van der Waals surface area contributed by atoms with E-state index < -0.39 is 5.82 Å². The average Bonchev–Trinajstić information content (AvgIpc) is 2.46. The molecule has 0 radical (unpaired) electrons. The number of anilines is 2. The largest absolute Gasteiger partial charge is 0.322 e. The summed E-state index contributed by atoms with van der Waals surface area (Å²) in [5.74, 6) is 5.17. The molecule has 1 amide bonds. The summed E-state index contributed by atoms with van der Waals surface area (Å²) in [7, 11) is 0. The molecule has 1 aromatic heterocycles. The Balaban J connectivity index is 2.28. The summed E-state index contributed by atoms with van der Waals surface area (Å²) in [5.41, 5.74) is 3.99. The van der Waals surface area contributed by atoms with Crippen LogP contribution in [0.3, 0.4) is 0 Å². The molecule has 0 atom stereocenters. The molecule has 2 rings (SSSR count). The number of nitrogen functional groups attached to an aromatic ring is 1. The number of rotatable bonds is 4. The number of benzene rings is 1. The molecule has 0 saturated carbocycles. The molecule has 2 aromatic rings. The maximum atomic E-state index is 13.1. The average molecular weight is 288 g/mol. The molecule has 4 N–H and O–H groups in total. The lowest BCUT2D eigenvalue weighted by Crippen LogP contribution is -2.16. The molecule has 1 heterocycles. The Morgan fingerprint density at radius 1 is 1.29 bits per heavy atom. The van der Waals surface area contributed by atoms with Crippen molar-refractivity contribution in [1.82, 2.24) is 4.98 Å². The van der Waals surface area contributed by atoms with E-state index in [0.717, 1.165) is 5.69 Å². The molecule has 5 nitrogen and oxygen atoms in total. The van der Waals surface area contributed by atoms with E-state index in [4.69, 9.17) is 5.84 Å². The summed E-state index contributed by atoms with van der Waals surface area (Å²) in [5, 5.41) is 2.64. The SMILES string of the molecule is CC(C)c1cc(C(=O)Nc2cccc(F)c2)cc(NN)n1. The Bertz CT molecular complexity index is 658. The van der Waals surface area contributed by atoms with Gasteiger partial charge in [-0.15, -0.1) is 0 Å². The minimum absolute atomic E-state index is 0.152. The van der Waals surface area contributed by atoms with Crippen molar-refractivity contribution in [3.8, 4) is 0 Å². The van der Waals surface area contributed by atoms with Gasteiger partial charge in [-0.2, -0.15) is 0 Å². The second-order valence-electron chi connectivity index (χ2n) is 4.93. The van der Waals surface area contributed by atoms with Crippen LogP contribution in [-0.2, 0) is 0 Å². The van der Waals surface area contributed by atoms with E-state index in [1.54, 1.807) is 18.2 Å². The highest BCUT2D eigenvalue weighted by atomic mass is 19.1. The Labute approximate surface area is 122 Å². The van der Waals surface area contributed by atoms with Gasteiger partial charge in [0.25, 0.3) is 5.91 Å². The molecule has 0 aliphatic carbocycles. The maximum Gasteiger partial charge on any atom is 0.255 e. The Morgan fingerprint density at radius 3 is 2.67 bits per heavy atom. The summed E-state index contributed by atoms with van der Waals surface area (Å²) in [6.07, 6.45) is 0. The fourth-order valence-electron chi connectivity index (χ4n) is 1.82. The first-order valence-electron chi connectivity index (χ1n) is 6.55. The number of carbonyl (C=O) groups is 1. The van der Waals surface area contributed by atoms with Crippen LogP contribution >= 0.6 is 0 Å². The van der Waals surface area contributed by atoms with E-state index in [-0.39, 0.29) is 11.8 Å². The predicted octanol–water partition coefficient (Wildman–Crippen LogP) is 2.88. The monoisotopic (exact) mass is 288 g/mol. The predicted molar refractivity (Wildman–Crippen MR) is 80.5 cm³/mol. The molecule has 0 spiro atoms. The molecule has 0 unspecified atom stereocenters. The smallest absolute Gasteiger partial charge is 0.255 e. The van der Waals surface area contributed by atoms with E-state index in [2.05, 4.69) is 15.7 Å². The summed E-state index contributed by atoms with van der Waals surface area (Å²) in [6, 6.07) is 8.96. The van der Waals surface area contributed by atoms with Crippen LogP contribution in [0.5, 0.6) is 0 Å². The van der Waals surface area contributed by atoms with Crippen molar-refractivity contribution in [2.24, 2.45) is 5.84 Å². The summed E-state index contributed by atoms with van der Waals surface area (Å²) in [6.45, 7) is 3.94. The van der Waals surface area contributed by atoms with Crippen LogP contribution in [0.1, 0.15) is 35.8 Å². The molecule has 6 heteroatoms. The van der Waals surface area contributed by atoms with Crippen LogP contribution in [0.2, 0.25) is 0 Å². The number of amides is 1. The van der Waals surface area contributed by atoms with Crippen molar-refractivity contribution in [2.45, 2.75) is 19.8 Å². The van der Waals surface area contributed by atoms with Gasteiger partial charge in [-0.25, -0.2) is 15.2 Å².